The third-order valence-electron chi connectivity index (χ3n) is 5.11. The fraction of sp³-hybridized carbons (Fsp3) is 0.350. The highest BCUT2D eigenvalue weighted by Crippen LogP contribution is 2.31. The minimum Gasteiger partial charge on any atom is -0.392 e. The van der Waals surface area contributed by atoms with E-state index < -0.39 is 9.84 Å². The van der Waals surface area contributed by atoms with Crippen LogP contribution in [0.4, 0.5) is 0 Å². The number of fused-ring (bicyclic) bond motifs is 1. The number of aliphatic hydroxyl groups excluding tert-OH is 1. The first-order chi connectivity index (χ1) is 12.9. The topological polar surface area (TPSA) is 72.2 Å². The van der Waals surface area contributed by atoms with Crippen molar-refractivity contribution in [2.75, 3.05) is 5.75 Å². The number of aryl methyl sites for hydroxylation is 1. The van der Waals surface area contributed by atoms with Crippen LogP contribution in [0.25, 0.3) is 0 Å². The molecule has 27 heavy (non-hydrogen) atoms. The molecule has 0 bridgehead atoms. The van der Waals surface area contributed by atoms with Crippen LogP contribution in [0.3, 0.4) is 0 Å². The lowest BCUT2D eigenvalue weighted by Crippen LogP contribution is -2.15. The van der Waals surface area contributed by atoms with Gasteiger partial charge in [-0.2, -0.15) is 5.10 Å². The molecule has 0 spiro atoms. The minimum absolute atomic E-state index is 0.00356. The average molecular weight is 403 g/mol. The van der Waals surface area contributed by atoms with E-state index in [9.17, 15) is 13.5 Å². The first-order valence-electron chi connectivity index (χ1n) is 8.95. The van der Waals surface area contributed by atoms with Crippen LogP contribution in [0.15, 0.2) is 46.1 Å². The van der Waals surface area contributed by atoms with Crippen LogP contribution >= 0.6 is 11.3 Å². The Hall–Kier alpha value is -1.96. The molecule has 5 nitrogen and oxygen atoms in total. The maximum Gasteiger partial charge on any atom is 0.188 e. The van der Waals surface area contributed by atoms with Gasteiger partial charge < -0.3 is 5.11 Å². The summed E-state index contributed by atoms with van der Waals surface area (Å²) in [7, 11) is -3.20. The normalized spacial score (nSPS) is 16.6. The molecule has 0 saturated carbocycles. The van der Waals surface area contributed by atoms with Crippen LogP contribution in [0.2, 0.25) is 0 Å². The molecule has 7 heteroatoms. The van der Waals surface area contributed by atoms with E-state index in [1.165, 1.54) is 22.5 Å². The van der Waals surface area contributed by atoms with Crippen molar-refractivity contribution in [2.45, 2.75) is 37.1 Å². The molecular weight excluding hydrogens is 380 g/mol. The molecule has 1 N–H and O–H groups in total. The van der Waals surface area contributed by atoms with Crippen molar-refractivity contribution in [3.8, 4) is 0 Å². The van der Waals surface area contributed by atoms with Gasteiger partial charge in [0.15, 0.2) is 9.84 Å². The van der Waals surface area contributed by atoms with Gasteiger partial charge in [-0.05, 0) is 53.8 Å². The summed E-state index contributed by atoms with van der Waals surface area (Å²) in [5.74, 6) is 0.339. The molecule has 1 aliphatic carbocycles. The van der Waals surface area contributed by atoms with Gasteiger partial charge in [0.05, 0.1) is 24.6 Å². The summed E-state index contributed by atoms with van der Waals surface area (Å²) in [6, 6.07) is 9.85. The van der Waals surface area contributed by atoms with Gasteiger partial charge in [0.1, 0.15) is 4.21 Å². The number of sulfone groups is 1. The van der Waals surface area contributed by atoms with Crippen molar-refractivity contribution in [2.24, 2.45) is 5.92 Å². The van der Waals surface area contributed by atoms with Crippen molar-refractivity contribution in [1.29, 1.82) is 0 Å². The number of aromatic nitrogens is 2. The quantitative estimate of drug-likeness (QED) is 0.688. The molecule has 2 heterocycles. The zero-order valence-corrected chi connectivity index (χ0v) is 16.8. The summed E-state index contributed by atoms with van der Waals surface area (Å²) >= 11 is 1.29. The Bertz CT molecular complexity index is 1050. The Morgan fingerprint density at radius 1 is 1.26 bits per heavy atom. The lowest BCUT2D eigenvalue weighted by atomic mass is 10.1. The Morgan fingerprint density at radius 2 is 2.07 bits per heavy atom. The van der Waals surface area contributed by atoms with Crippen LogP contribution in [0, 0.1) is 12.8 Å². The maximum absolute atomic E-state index is 12.5. The highest BCUT2D eigenvalue weighted by Gasteiger charge is 2.28. The second kappa shape index (κ2) is 7.22. The molecule has 0 amide bonds. The molecule has 1 aliphatic rings. The van der Waals surface area contributed by atoms with Crippen molar-refractivity contribution in [1.82, 2.24) is 9.78 Å². The van der Waals surface area contributed by atoms with E-state index in [1.807, 2.05) is 23.2 Å². The molecule has 1 aromatic carbocycles. The Kier molecular flexibility index (Phi) is 4.92. The molecule has 0 saturated heterocycles. The minimum atomic E-state index is -3.20. The third-order valence-corrected chi connectivity index (χ3v) is 8.48. The maximum atomic E-state index is 12.5. The van der Waals surface area contributed by atoms with E-state index in [1.54, 1.807) is 12.1 Å². The summed E-state index contributed by atoms with van der Waals surface area (Å²) in [5.41, 5.74) is 5.32. The number of nitrogens with zero attached hydrogens (tertiary/aromatic N) is 2. The van der Waals surface area contributed by atoms with Gasteiger partial charge in [-0.1, -0.05) is 24.3 Å². The predicted molar refractivity (Wildman–Crippen MR) is 106 cm³/mol. The van der Waals surface area contributed by atoms with Crippen molar-refractivity contribution in [3.05, 3.63) is 69.9 Å². The van der Waals surface area contributed by atoms with Gasteiger partial charge in [0.25, 0.3) is 0 Å². The number of thiophene rings is 1. The summed E-state index contributed by atoms with van der Waals surface area (Å²) in [6.07, 6.45) is 3.49. The number of hydrogen-bond donors (Lipinski definition) is 1. The molecular formula is C20H22N2O3S2. The van der Waals surface area contributed by atoms with Gasteiger partial charge >= 0.3 is 0 Å². The summed E-state index contributed by atoms with van der Waals surface area (Å²) in [4.78, 5) is 0. The standard InChI is InChI=1S/C20H22N2O3S2/c1-14-19(12-23)11-22(21-14)10-15-4-5-17-8-16(9-18(17)7-15)13-27(24,25)20-3-2-6-26-20/h2-7,11,16,23H,8-10,12-13H2,1H3/t16-/m0/s1. The molecule has 0 aliphatic heterocycles. The Labute approximate surface area is 163 Å². The average Bonchev–Trinajstić information content (AvgIpc) is 3.33. The van der Waals surface area contributed by atoms with Gasteiger partial charge in [0.2, 0.25) is 0 Å². The first-order valence-corrected chi connectivity index (χ1v) is 11.5. The Morgan fingerprint density at radius 3 is 2.78 bits per heavy atom. The van der Waals surface area contributed by atoms with Crippen molar-refractivity contribution >= 4 is 21.2 Å². The number of aliphatic hydroxyl groups is 1. The molecule has 4 rings (SSSR count). The molecule has 142 valence electrons. The monoisotopic (exact) mass is 402 g/mol. The van der Waals surface area contributed by atoms with E-state index in [4.69, 9.17) is 0 Å². The zero-order valence-electron chi connectivity index (χ0n) is 15.1. The van der Waals surface area contributed by atoms with Crippen LogP contribution in [0.1, 0.15) is 27.9 Å². The molecule has 0 fully saturated rings. The highest BCUT2D eigenvalue weighted by molar-refractivity contribution is 7.93. The SMILES string of the molecule is Cc1nn(Cc2ccc3c(c2)C[C@@H](CS(=O)(=O)c2cccs2)C3)cc1CO. The number of benzene rings is 1. The third kappa shape index (κ3) is 3.85. The predicted octanol–water partition coefficient (Wildman–Crippen LogP) is 2.98. The number of hydrogen-bond acceptors (Lipinski definition) is 5. The van der Waals surface area contributed by atoms with Gasteiger partial charge in [-0.15, -0.1) is 11.3 Å². The second-order valence-electron chi connectivity index (χ2n) is 7.19. The summed E-state index contributed by atoms with van der Waals surface area (Å²) in [5, 5.41) is 15.6. The Balaban J connectivity index is 1.47. The largest absolute Gasteiger partial charge is 0.392 e. The van der Waals surface area contributed by atoms with Gasteiger partial charge in [0, 0.05) is 11.8 Å². The fourth-order valence-corrected chi connectivity index (χ4v) is 6.51. The highest BCUT2D eigenvalue weighted by atomic mass is 32.2. The van der Waals surface area contributed by atoms with E-state index in [2.05, 4.69) is 23.3 Å². The molecule has 0 radical (unpaired) electrons. The van der Waals surface area contributed by atoms with Gasteiger partial charge in [-0.25, -0.2) is 8.42 Å². The lowest BCUT2D eigenvalue weighted by Gasteiger charge is -2.08. The summed E-state index contributed by atoms with van der Waals surface area (Å²) in [6.45, 7) is 2.53. The zero-order chi connectivity index (χ0) is 19.0. The molecule has 2 aromatic heterocycles. The van der Waals surface area contributed by atoms with E-state index in [0.29, 0.717) is 10.8 Å². The molecule has 1 atom stereocenters. The van der Waals surface area contributed by atoms with Crippen molar-refractivity contribution < 1.29 is 13.5 Å². The van der Waals surface area contributed by atoms with Crippen LogP contribution in [-0.2, 0) is 35.8 Å². The van der Waals surface area contributed by atoms with Crippen molar-refractivity contribution in [3.63, 3.8) is 0 Å². The fourth-order valence-electron chi connectivity index (χ4n) is 3.79. The van der Waals surface area contributed by atoms with E-state index >= 15 is 0 Å². The van der Waals surface area contributed by atoms with Crippen LogP contribution in [-0.4, -0.2) is 29.1 Å². The molecule has 3 aromatic rings. The second-order valence-corrected chi connectivity index (χ2v) is 10.4. The first kappa shape index (κ1) is 18.4. The number of rotatable bonds is 6. The van der Waals surface area contributed by atoms with Crippen LogP contribution < -0.4 is 0 Å². The van der Waals surface area contributed by atoms with E-state index in [-0.39, 0.29) is 18.3 Å². The lowest BCUT2D eigenvalue weighted by molar-refractivity contribution is 0.281. The smallest absolute Gasteiger partial charge is 0.188 e. The summed E-state index contributed by atoms with van der Waals surface area (Å²) < 4.78 is 27.4. The molecule has 0 unspecified atom stereocenters. The van der Waals surface area contributed by atoms with Gasteiger partial charge in [-0.3, -0.25) is 4.68 Å². The van der Waals surface area contributed by atoms with Crippen LogP contribution in [0.5, 0.6) is 0 Å². The van der Waals surface area contributed by atoms with E-state index in [0.717, 1.165) is 29.7 Å².